The Kier molecular flexibility index (Phi) is 6.02. The standard InChI is InChI=1S/C17H20N4O4S/c1-25-16(13-2-4-14(5-3-13)21(23)24)10-20-8-6-12(7-9-20)15-11-26-17(22)19-18-15/h2-6,16H,7-11H2,1H3,(H,19,22). The first-order valence-electron chi connectivity index (χ1n) is 8.25. The van der Waals surface area contributed by atoms with Crippen LogP contribution in [0.5, 0.6) is 0 Å². The fourth-order valence-corrected chi connectivity index (χ4v) is 3.60. The maximum atomic E-state index is 11.2. The summed E-state index contributed by atoms with van der Waals surface area (Å²) in [5.41, 5.74) is 5.62. The van der Waals surface area contributed by atoms with Gasteiger partial charge in [-0.15, -0.1) is 0 Å². The highest BCUT2D eigenvalue weighted by molar-refractivity contribution is 8.14. The molecule has 3 rings (SSSR count). The summed E-state index contributed by atoms with van der Waals surface area (Å²) >= 11 is 1.23. The average molecular weight is 376 g/mol. The van der Waals surface area contributed by atoms with Crippen LogP contribution in [-0.4, -0.2) is 53.3 Å². The van der Waals surface area contributed by atoms with Gasteiger partial charge in [0.25, 0.3) is 10.9 Å². The van der Waals surface area contributed by atoms with Crippen LogP contribution in [0.2, 0.25) is 0 Å². The van der Waals surface area contributed by atoms with E-state index in [1.54, 1.807) is 19.2 Å². The van der Waals surface area contributed by atoms with Crippen LogP contribution in [0.25, 0.3) is 0 Å². The van der Waals surface area contributed by atoms with E-state index in [1.807, 2.05) is 0 Å². The van der Waals surface area contributed by atoms with E-state index in [1.165, 1.54) is 29.5 Å². The lowest BCUT2D eigenvalue weighted by atomic mass is 10.0. The van der Waals surface area contributed by atoms with Crippen molar-refractivity contribution in [1.82, 2.24) is 10.3 Å². The SMILES string of the molecule is COC(CN1CC=C(C2=NNC(=O)SC2)CC1)c1ccc([N+](=O)[O-])cc1. The molecule has 0 saturated carbocycles. The van der Waals surface area contributed by atoms with Gasteiger partial charge in [-0.05, 0) is 29.7 Å². The number of ether oxygens (including phenoxy) is 1. The molecule has 9 heteroatoms. The number of nitrogens with one attached hydrogen (secondary N) is 1. The van der Waals surface area contributed by atoms with E-state index in [0.717, 1.165) is 30.8 Å². The first-order valence-corrected chi connectivity index (χ1v) is 9.23. The summed E-state index contributed by atoms with van der Waals surface area (Å²) in [4.78, 5) is 23.8. The van der Waals surface area contributed by atoms with Crippen LogP contribution in [0.1, 0.15) is 18.1 Å². The van der Waals surface area contributed by atoms with Crippen molar-refractivity contribution in [3.63, 3.8) is 0 Å². The second-order valence-corrected chi connectivity index (χ2v) is 7.01. The Labute approximate surface area is 155 Å². The number of hydrogen-bond acceptors (Lipinski definition) is 7. The van der Waals surface area contributed by atoms with Crippen LogP contribution >= 0.6 is 11.8 Å². The fourth-order valence-electron chi connectivity index (χ4n) is 2.98. The molecular weight excluding hydrogens is 356 g/mol. The van der Waals surface area contributed by atoms with Gasteiger partial charge < -0.3 is 4.74 Å². The zero-order valence-corrected chi connectivity index (χ0v) is 15.2. The van der Waals surface area contributed by atoms with Crippen LogP contribution in [-0.2, 0) is 4.74 Å². The van der Waals surface area contributed by atoms with Gasteiger partial charge in [0, 0.05) is 44.6 Å². The molecular formula is C17H20N4O4S. The number of hydrazone groups is 1. The molecule has 0 spiro atoms. The molecule has 1 amide bonds. The number of benzene rings is 1. The Morgan fingerprint density at radius 2 is 2.19 bits per heavy atom. The quantitative estimate of drug-likeness (QED) is 0.606. The molecule has 2 aliphatic heterocycles. The second kappa shape index (κ2) is 8.43. The number of nitrogens with zero attached hydrogens (tertiary/aromatic N) is 3. The minimum atomic E-state index is -0.406. The molecule has 26 heavy (non-hydrogen) atoms. The largest absolute Gasteiger partial charge is 0.375 e. The van der Waals surface area contributed by atoms with E-state index in [2.05, 4.69) is 21.5 Å². The first kappa shape index (κ1) is 18.6. The molecule has 1 atom stereocenters. The van der Waals surface area contributed by atoms with Crippen LogP contribution in [0, 0.1) is 10.1 Å². The third-order valence-electron chi connectivity index (χ3n) is 4.47. The van der Waals surface area contributed by atoms with Gasteiger partial charge in [-0.2, -0.15) is 5.10 Å². The van der Waals surface area contributed by atoms with E-state index in [4.69, 9.17) is 4.74 Å². The summed E-state index contributed by atoms with van der Waals surface area (Å²) in [6.07, 6.45) is 2.86. The third kappa shape index (κ3) is 4.48. The lowest BCUT2D eigenvalue weighted by Crippen LogP contribution is -2.35. The number of methoxy groups -OCH3 is 1. The second-order valence-electron chi connectivity index (χ2n) is 6.06. The van der Waals surface area contributed by atoms with Crippen LogP contribution in [0.3, 0.4) is 0 Å². The van der Waals surface area contributed by atoms with Crippen LogP contribution < -0.4 is 5.43 Å². The molecule has 0 bridgehead atoms. The van der Waals surface area contributed by atoms with Crippen molar-refractivity contribution in [2.24, 2.45) is 5.10 Å². The van der Waals surface area contributed by atoms with Crippen molar-refractivity contribution in [3.05, 3.63) is 51.6 Å². The van der Waals surface area contributed by atoms with Crippen molar-refractivity contribution >= 4 is 28.4 Å². The predicted octanol–water partition coefficient (Wildman–Crippen LogP) is 2.73. The molecule has 2 aliphatic rings. The zero-order chi connectivity index (χ0) is 18.5. The summed E-state index contributed by atoms with van der Waals surface area (Å²) in [5.74, 6) is 0.612. The number of rotatable bonds is 6. The van der Waals surface area contributed by atoms with Crippen molar-refractivity contribution in [2.45, 2.75) is 12.5 Å². The van der Waals surface area contributed by atoms with Gasteiger partial charge >= 0.3 is 0 Å². The summed E-state index contributed by atoms with van der Waals surface area (Å²) in [7, 11) is 1.65. The average Bonchev–Trinajstić information content (AvgIpc) is 2.67. The van der Waals surface area contributed by atoms with Gasteiger partial charge in [-0.1, -0.05) is 17.8 Å². The lowest BCUT2D eigenvalue weighted by molar-refractivity contribution is -0.384. The number of amides is 1. The number of carbonyl (C=O) groups is 1. The first-order chi connectivity index (χ1) is 12.6. The van der Waals surface area contributed by atoms with Crippen molar-refractivity contribution < 1.29 is 14.5 Å². The van der Waals surface area contributed by atoms with Gasteiger partial charge in [0.1, 0.15) is 0 Å². The summed E-state index contributed by atoms with van der Waals surface area (Å²) in [6, 6.07) is 6.49. The molecule has 0 fully saturated rings. The summed E-state index contributed by atoms with van der Waals surface area (Å²) in [5, 5.41) is 14.8. The molecule has 8 nitrogen and oxygen atoms in total. The Balaban J connectivity index is 1.60. The molecule has 138 valence electrons. The molecule has 1 N–H and O–H groups in total. The fraction of sp³-hybridized carbons (Fsp3) is 0.412. The van der Waals surface area contributed by atoms with Gasteiger partial charge in [0.2, 0.25) is 0 Å². The van der Waals surface area contributed by atoms with Gasteiger partial charge in [-0.3, -0.25) is 19.8 Å². The molecule has 1 unspecified atom stereocenters. The molecule has 2 heterocycles. The third-order valence-corrected chi connectivity index (χ3v) is 5.24. The number of thioether (sulfide) groups is 1. The normalized spacial score (nSPS) is 19.3. The minimum Gasteiger partial charge on any atom is -0.375 e. The van der Waals surface area contributed by atoms with Crippen molar-refractivity contribution in [2.75, 3.05) is 32.5 Å². The van der Waals surface area contributed by atoms with Gasteiger partial charge in [-0.25, -0.2) is 5.43 Å². The van der Waals surface area contributed by atoms with Crippen molar-refractivity contribution in [1.29, 1.82) is 0 Å². The topological polar surface area (TPSA) is 97.1 Å². The number of carbonyl (C=O) groups excluding carboxylic acids is 1. The van der Waals surface area contributed by atoms with Gasteiger partial charge in [0.05, 0.1) is 16.7 Å². The molecule has 0 aliphatic carbocycles. The monoisotopic (exact) mass is 376 g/mol. The van der Waals surface area contributed by atoms with Crippen LogP contribution in [0.15, 0.2) is 41.0 Å². The highest BCUT2D eigenvalue weighted by Crippen LogP contribution is 2.24. The Morgan fingerprint density at radius 1 is 1.42 bits per heavy atom. The molecule has 0 saturated heterocycles. The van der Waals surface area contributed by atoms with E-state index < -0.39 is 4.92 Å². The zero-order valence-electron chi connectivity index (χ0n) is 14.4. The van der Waals surface area contributed by atoms with E-state index in [0.29, 0.717) is 12.3 Å². The molecule has 0 aromatic heterocycles. The number of hydrogen-bond donors (Lipinski definition) is 1. The predicted molar refractivity (Wildman–Crippen MR) is 100 cm³/mol. The van der Waals surface area contributed by atoms with Crippen molar-refractivity contribution in [3.8, 4) is 0 Å². The van der Waals surface area contributed by atoms with E-state index in [9.17, 15) is 14.9 Å². The maximum Gasteiger partial charge on any atom is 0.299 e. The summed E-state index contributed by atoms with van der Waals surface area (Å²) in [6.45, 7) is 2.35. The Morgan fingerprint density at radius 3 is 2.73 bits per heavy atom. The molecule has 1 aromatic carbocycles. The summed E-state index contributed by atoms with van der Waals surface area (Å²) < 4.78 is 5.59. The maximum absolute atomic E-state index is 11.2. The van der Waals surface area contributed by atoms with E-state index in [-0.39, 0.29) is 17.0 Å². The smallest absolute Gasteiger partial charge is 0.299 e. The Bertz CT molecular complexity index is 748. The minimum absolute atomic E-state index is 0.0763. The Hall–Kier alpha value is -2.23. The lowest BCUT2D eigenvalue weighted by Gasteiger charge is -2.30. The van der Waals surface area contributed by atoms with Gasteiger partial charge in [0.15, 0.2) is 0 Å². The van der Waals surface area contributed by atoms with Crippen LogP contribution in [0.4, 0.5) is 10.5 Å². The number of nitro groups is 1. The molecule has 0 radical (unpaired) electrons. The number of non-ortho nitro benzene ring substituents is 1. The molecule has 1 aromatic rings. The number of nitro benzene ring substituents is 1. The highest BCUT2D eigenvalue weighted by atomic mass is 32.2. The van der Waals surface area contributed by atoms with E-state index >= 15 is 0 Å². The highest BCUT2D eigenvalue weighted by Gasteiger charge is 2.22.